The van der Waals surface area contributed by atoms with Crippen molar-refractivity contribution in [1.82, 2.24) is 0 Å². The van der Waals surface area contributed by atoms with Crippen LogP contribution in [0.4, 0.5) is 0 Å². The van der Waals surface area contributed by atoms with Crippen LogP contribution in [-0.4, -0.2) is 88.7 Å². The predicted molar refractivity (Wildman–Crippen MR) is 161 cm³/mol. The topological polar surface area (TPSA) is 98.8 Å². The molecule has 0 aromatic heterocycles. The van der Waals surface area contributed by atoms with Gasteiger partial charge < -0.3 is 33.2 Å². The second-order valence-corrected chi connectivity index (χ2v) is 13.3. The molecular formula is C34H56O9. The number of ether oxygens (including phenoxy) is 7. The van der Waals surface area contributed by atoms with Crippen LogP contribution in [0, 0.1) is 29.6 Å². The first-order valence-corrected chi connectivity index (χ1v) is 16.6. The number of Topliss-reactive ketones (excluding diaryl/α,β-unsaturated/α-hetero) is 1. The summed E-state index contributed by atoms with van der Waals surface area (Å²) in [5.41, 5.74) is 0.816. The van der Waals surface area contributed by atoms with Crippen LogP contribution in [0.15, 0.2) is 11.6 Å². The number of rotatable bonds is 11. The molecule has 3 unspecified atom stereocenters. The lowest BCUT2D eigenvalue weighted by molar-refractivity contribution is -0.255. The molecule has 0 bridgehead atoms. The standard InChI is InChI=1S/C34H56O9/c1-9-23-13-11-10-12-19(2)33(36)28-16-26-25-14-24(15-29(25)40-22(5)32(26)27(28)17-31(35)42-23)43-34(30(39-8)18-37-6)41-21(4)20(3)38-7/h16,19-27,29-30,32,34H,9-15,17-18H2,1-8H3/t19-,20-,21?,22+,23+,24+,25+,26+,27-,29?,30+,32-,34?/m1/s1. The summed E-state index contributed by atoms with van der Waals surface area (Å²) in [5, 5.41) is 0. The van der Waals surface area contributed by atoms with Gasteiger partial charge >= 0.3 is 5.97 Å². The number of carbonyl (C=O) groups excluding carboxylic acids is 2. The van der Waals surface area contributed by atoms with Gasteiger partial charge in [-0.25, -0.2) is 0 Å². The maximum Gasteiger partial charge on any atom is 0.306 e. The third kappa shape index (κ3) is 8.08. The lowest BCUT2D eigenvalue weighted by Gasteiger charge is -2.42. The van der Waals surface area contributed by atoms with Crippen LogP contribution in [0.1, 0.15) is 86.0 Å². The largest absolute Gasteiger partial charge is 0.462 e. The monoisotopic (exact) mass is 608 g/mol. The van der Waals surface area contributed by atoms with Crippen molar-refractivity contribution >= 4 is 11.8 Å². The zero-order chi connectivity index (χ0) is 31.3. The molecule has 9 nitrogen and oxygen atoms in total. The highest BCUT2D eigenvalue weighted by Gasteiger charge is 2.55. The van der Waals surface area contributed by atoms with Crippen LogP contribution >= 0.6 is 0 Å². The molecule has 0 amide bonds. The number of ketones is 1. The van der Waals surface area contributed by atoms with Crippen molar-refractivity contribution in [2.75, 3.05) is 27.9 Å². The third-order valence-electron chi connectivity index (χ3n) is 10.5. The van der Waals surface area contributed by atoms with E-state index in [-0.39, 0.29) is 84.4 Å². The summed E-state index contributed by atoms with van der Waals surface area (Å²) in [4.78, 5) is 27.1. The molecule has 9 heteroatoms. The maximum absolute atomic E-state index is 13.8. The molecule has 4 aliphatic rings. The van der Waals surface area contributed by atoms with Gasteiger partial charge in [0.15, 0.2) is 12.1 Å². The summed E-state index contributed by atoms with van der Waals surface area (Å²) in [6.45, 7) is 10.5. The Kier molecular flexibility index (Phi) is 12.7. The van der Waals surface area contributed by atoms with Gasteiger partial charge in [-0.2, -0.15) is 0 Å². The van der Waals surface area contributed by atoms with Gasteiger partial charge in [0.2, 0.25) is 0 Å². The number of carbonyl (C=O) groups is 2. The van der Waals surface area contributed by atoms with Gasteiger partial charge in [0.25, 0.3) is 0 Å². The summed E-state index contributed by atoms with van der Waals surface area (Å²) < 4.78 is 42.2. The second kappa shape index (κ2) is 15.8. The van der Waals surface area contributed by atoms with Crippen molar-refractivity contribution in [3.63, 3.8) is 0 Å². The highest BCUT2D eigenvalue weighted by molar-refractivity contribution is 5.98. The van der Waals surface area contributed by atoms with Crippen LogP contribution < -0.4 is 0 Å². The van der Waals surface area contributed by atoms with Crippen LogP contribution in [0.3, 0.4) is 0 Å². The average Bonchev–Trinajstić information content (AvgIpc) is 3.56. The molecule has 1 saturated carbocycles. The molecule has 3 fully saturated rings. The predicted octanol–water partition coefficient (Wildman–Crippen LogP) is 5.28. The molecule has 0 aromatic carbocycles. The number of hydrogen-bond acceptors (Lipinski definition) is 9. The van der Waals surface area contributed by atoms with E-state index in [1.807, 2.05) is 20.8 Å². The molecule has 4 rings (SSSR count). The minimum Gasteiger partial charge on any atom is -0.462 e. The van der Waals surface area contributed by atoms with Crippen molar-refractivity contribution in [2.24, 2.45) is 29.6 Å². The number of esters is 1. The molecule has 0 radical (unpaired) electrons. The Bertz CT molecular complexity index is 952. The van der Waals surface area contributed by atoms with Gasteiger partial charge in [0, 0.05) is 39.6 Å². The minimum atomic E-state index is -0.642. The second-order valence-electron chi connectivity index (χ2n) is 13.3. The van der Waals surface area contributed by atoms with Gasteiger partial charge in [-0.1, -0.05) is 26.3 Å². The lowest BCUT2D eigenvalue weighted by Crippen LogP contribution is -2.45. The SMILES string of the molecule is CC[C@H]1CCCC[C@@H](C)C(=O)C2=C[C@@H]3[C@@H]([C@H](C)OC4C[C@@H](OC(OC(C)[C@@H](C)OC)[C@H](COC)OC)C[C@H]43)[C@@H]2CC(=O)O1. The number of fused-ring (bicyclic) bond motifs is 5. The molecule has 246 valence electrons. The molecule has 2 aliphatic carbocycles. The zero-order valence-electron chi connectivity index (χ0n) is 27.6. The minimum absolute atomic E-state index is 0.00271. The van der Waals surface area contributed by atoms with E-state index >= 15 is 0 Å². The van der Waals surface area contributed by atoms with Crippen LogP contribution in [0.5, 0.6) is 0 Å². The first kappa shape index (κ1) is 34.5. The van der Waals surface area contributed by atoms with E-state index in [2.05, 4.69) is 19.9 Å². The van der Waals surface area contributed by atoms with E-state index in [0.717, 1.165) is 50.5 Å². The van der Waals surface area contributed by atoms with E-state index in [4.69, 9.17) is 33.2 Å². The summed E-state index contributed by atoms with van der Waals surface area (Å²) in [6.07, 6.45) is 6.76. The highest BCUT2D eigenvalue weighted by atomic mass is 16.7. The molecule has 43 heavy (non-hydrogen) atoms. The van der Waals surface area contributed by atoms with E-state index in [1.165, 1.54) is 0 Å². The van der Waals surface area contributed by atoms with Gasteiger partial charge in [-0.05, 0) is 76.2 Å². The quantitative estimate of drug-likeness (QED) is 0.229. The molecular weight excluding hydrogens is 552 g/mol. The van der Waals surface area contributed by atoms with Crippen LogP contribution in [-0.2, 0) is 42.7 Å². The average molecular weight is 609 g/mol. The Morgan fingerprint density at radius 1 is 1.00 bits per heavy atom. The van der Waals surface area contributed by atoms with Gasteiger partial charge in [0.1, 0.15) is 12.2 Å². The maximum atomic E-state index is 13.8. The van der Waals surface area contributed by atoms with Gasteiger partial charge in [0.05, 0.1) is 43.5 Å². The molecule has 2 aliphatic heterocycles. The van der Waals surface area contributed by atoms with Crippen molar-refractivity contribution in [3.05, 3.63) is 11.6 Å². The third-order valence-corrected chi connectivity index (χ3v) is 10.5. The number of cyclic esters (lactones) is 1. The Hall–Kier alpha value is -1.36. The first-order chi connectivity index (χ1) is 20.6. The fraction of sp³-hybridized carbons (Fsp3) is 0.882. The first-order valence-electron chi connectivity index (χ1n) is 16.6. The fourth-order valence-corrected chi connectivity index (χ4v) is 7.83. The number of methoxy groups -OCH3 is 3. The molecule has 2 heterocycles. The van der Waals surface area contributed by atoms with E-state index < -0.39 is 12.4 Å². The highest BCUT2D eigenvalue weighted by Crippen LogP contribution is 2.54. The Morgan fingerprint density at radius 3 is 2.42 bits per heavy atom. The fourth-order valence-electron chi connectivity index (χ4n) is 7.83. The molecule has 0 N–H and O–H groups in total. The van der Waals surface area contributed by atoms with Crippen molar-refractivity contribution in [1.29, 1.82) is 0 Å². The van der Waals surface area contributed by atoms with Crippen LogP contribution in [0.25, 0.3) is 0 Å². The summed E-state index contributed by atoms with van der Waals surface area (Å²) in [6, 6.07) is 0. The molecule has 0 spiro atoms. The normalized spacial score (nSPS) is 38.0. The van der Waals surface area contributed by atoms with Crippen molar-refractivity contribution in [2.45, 2.75) is 135 Å². The number of allylic oxidation sites excluding steroid dienone is 2. The summed E-state index contributed by atoms with van der Waals surface area (Å²) in [7, 11) is 4.93. The Morgan fingerprint density at radius 2 is 1.74 bits per heavy atom. The zero-order valence-corrected chi connectivity index (χ0v) is 27.6. The summed E-state index contributed by atoms with van der Waals surface area (Å²) >= 11 is 0. The van der Waals surface area contributed by atoms with Crippen molar-refractivity contribution in [3.8, 4) is 0 Å². The smallest absolute Gasteiger partial charge is 0.306 e. The lowest BCUT2D eigenvalue weighted by atomic mass is 9.71. The van der Waals surface area contributed by atoms with E-state index in [1.54, 1.807) is 21.3 Å². The molecule has 0 aromatic rings. The molecule has 13 atom stereocenters. The van der Waals surface area contributed by atoms with Gasteiger partial charge in [-0.15, -0.1) is 0 Å². The number of hydrogen-bond donors (Lipinski definition) is 0. The van der Waals surface area contributed by atoms with Gasteiger partial charge in [-0.3, -0.25) is 9.59 Å². The Balaban J connectivity index is 1.55. The molecule has 2 saturated heterocycles. The Labute approximate surface area is 258 Å². The van der Waals surface area contributed by atoms with Crippen LogP contribution in [0.2, 0.25) is 0 Å². The van der Waals surface area contributed by atoms with E-state index in [0.29, 0.717) is 6.61 Å². The van der Waals surface area contributed by atoms with E-state index in [9.17, 15) is 9.59 Å². The summed E-state index contributed by atoms with van der Waals surface area (Å²) in [5.74, 6) is 0.119. The van der Waals surface area contributed by atoms with Crippen molar-refractivity contribution < 1.29 is 42.7 Å².